The largest absolute Gasteiger partial charge is 0.355 e. The lowest BCUT2D eigenvalue weighted by Crippen LogP contribution is -2.47. The summed E-state index contributed by atoms with van der Waals surface area (Å²) < 4.78 is 0. The molecule has 0 unspecified atom stereocenters. The Hall–Kier alpha value is -0.810. The highest BCUT2D eigenvalue weighted by molar-refractivity contribution is 6.42. The molecule has 1 aromatic carbocycles. The minimum Gasteiger partial charge on any atom is -0.355 e. The van der Waals surface area contributed by atoms with Crippen molar-refractivity contribution in [3.8, 4) is 0 Å². The van der Waals surface area contributed by atoms with Crippen LogP contribution >= 0.6 is 23.2 Å². The van der Waals surface area contributed by atoms with Gasteiger partial charge < -0.3 is 10.6 Å². The van der Waals surface area contributed by atoms with E-state index >= 15 is 0 Å². The molecule has 0 radical (unpaired) electrons. The minimum absolute atomic E-state index is 0.0602. The highest BCUT2D eigenvalue weighted by atomic mass is 35.5. The first-order chi connectivity index (χ1) is 9.66. The molecule has 20 heavy (non-hydrogen) atoms. The van der Waals surface area contributed by atoms with Crippen molar-refractivity contribution in [1.82, 2.24) is 15.5 Å². The average Bonchev–Trinajstić information content (AvgIpc) is 2.44. The van der Waals surface area contributed by atoms with Crippen molar-refractivity contribution in [2.45, 2.75) is 6.42 Å². The molecule has 110 valence electrons. The molecule has 1 aliphatic rings. The Labute approximate surface area is 129 Å². The predicted molar refractivity (Wildman–Crippen MR) is 82.5 cm³/mol. The molecule has 0 aliphatic carbocycles. The van der Waals surface area contributed by atoms with Gasteiger partial charge >= 0.3 is 0 Å². The van der Waals surface area contributed by atoms with E-state index in [1.165, 1.54) is 0 Å². The number of nitrogens with one attached hydrogen (secondary N) is 2. The van der Waals surface area contributed by atoms with Crippen LogP contribution in [0.2, 0.25) is 10.0 Å². The summed E-state index contributed by atoms with van der Waals surface area (Å²) in [6.45, 7) is 4.79. The molecule has 6 heteroatoms. The van der Waals surface area contributed by atoms with Crippen molar-refractivity contribution < 1.29 is 4.79 Å². The van der Waals surface area contributed by atoms with E-state index < -0.39 is 0 Å². The summed E-state index contributed by atoms with van der Waals surface area (Å²) in [5, 5.41) is 7.31. The smallest absolute Gasteiger partial charge is 0.234 e. The van der Waals surface area contributed by atoms with E-state index in [2.05, 4.69) is 15.5 Å². The van der Waals surface area contributed by atoms with Gasteiger partial charge in [0.05, 0.1) is 16.6 Å². The van der Waals surface area contributed by atoms with E-state index in [4.69, 9.17) is 23.2 Å². The van der Waals surface area contributed by atoms with Crippen LogP contribution in [0, 0.1) is 0 Å². The number of carbonyl (C=O) groups is 1. The van der Waals surface area contributed by atoms with Crippen LogP contribution in [0.3, 0.4) is 0 Å². The maximum Gasteiger partial charge on any atom is 0.234 e. The fourth-order valence-electron chi connectivity index (χ4n) is 2.21. The van der Waals surface area contributed by atoms with E-state index in [0.717, 1.165) is 31.7 Å². The second-order valence-electron chi connectivity index (χ2n) is 4.84. The van der Waals surface area contributed by atoms with Crippen molar-refractivity contribution in [1.29, 1.82) is 0 Å². The topological polar surface area (TPSA) is 44.4 Å². The van der Waals surface area contributed by atoms with Gasteiger partial charge in [-0.1, -0.05) is 35.3 Å². The number of halogens is 2. The fraction of sp³-hybridized carbons (Fsp3) is 0.500. The summed E-state index contributed by atoms with van der Waals surface area (Å²) in [5.41, 5.74) is 0.960. The monoisotopic (exact) mass is 315 g/mol. The van der Waals surface area contributed by atoms with Crippen molar-refractivity contribution in [2.24, 2.45) is 0 Å². The second-order valence-corrected chi connectivity index (χ2v) is 5.62. The van der Waals surface area contributed by atoms with E-state index in [1.807, 2.05) is 12.1 Å². The third-order valence-electron chi connectivity index (χ3n) is 3.32. The normalized spacial score (nSPS) is 16.1. The Morgan fingerprint density at radius 1 is 1.30 bits per heavy atom. The molecule has 0 saturated carbocycles. The Morgan fingerprint density at radius 3 is 2.80 bits per heavy atom. The maximum atomic E-state index is 11.8. The Morgan fingerprint density at radius 2 is 2.05 bits per heavy atom. The molecule has 1 amide bonds. The van der Waals surface area contributed by atoms with Crippen molar-refractivity contribution in [3.05, 3.63) is 33.8 Å². The molecule has 0 aromatic heterocycles. The van der Waals surface area contributed by atoms with Gasteiger partial charge in [-0.05, 0) is 18.1 Å². The molecule has 1 fully saturated rings. The second kappa shape index (κ2) is 7.84. The molecule has 1 aromatic rings. The molecular weight excluding hydrogens is 297 g/mol. The summed E-state index contributed by atoms with van der Waals surface area (Å²) in [6.07, 6.45) is 0.687. The number of hydrogen-bond acceptors (Lipinski definition) is 3. The average molecular weight is 316 g/mol. The van der Waals surface area contributed by atoms with Crippen LogP contribution in [-0.2, 0) is 11.2 Å². The number of amides is 1. The van der Waals surface area contributed by atoms with Gasteiger partial charge in [0.2, 0.25) is 5.91 Å². The molecule has 2 rings (SSSR count). The van der Waals surface area contributed by atoms with Gasteiger partial charge in [-0.3, -0.25) is 9.69 Å². The number of rotatable bonds is 5. The highest BCUT2D eigenvalue weighted by Crippen LogP contribution is 2.25. The lowest BCUT2D eigenvalue weighted by molar-refractivity contribution is -0.122. The van der Waals surface area contributed by atoms with Gasteiger partial charge in [0.15, 0.2) is 0 Å². The SMILES string of the molecule is O=C(CN1CCNCC1)NCCc1cccc(Cl)c1Cl. The molecular formula is C14H19Cl2N3O. The van der Waals surface area contributed by atoms with Gasteiger partial charge in [0, 0.05) is 32.7 Å². The van der Waals surface area contributed by atoms with E-state index in [0.29, 0.717) is 29.6 Å². The quantitative estimate of drug-likeness (QED) is 0.866. The Kier molecular flexibility index (Phi) is 6.10. The van der Waals surface area contributed by atoms with E-state index in [9.17, 15) is 4.79 Å². The molecule has 0 atom stereocenters. The van der Waals surface area contributed by atoms with Gasteiger partial charge in [-0.25, -0.2) is 0 Å². The minimum atomic E-state index is 0.0602. The van der Waals surface area contributed by atoms with Crippen molar-refractivity contribution in [3.63, 3.8) is 0 Å². The van der Waals surface area contributed by atoms with Crippen LogP contribution in [0.15, 0.2) is 18.2 Å². The number of nitrogens with zero attached hydrogens (tertiary/aromatic N) is 1. The summed E-state index contributed by atoms with van der Waals surface area (Å²) in [6, 6.07) is 5.55. The zero-order chi connectivity index (χ0) is 14.4. The summed E-state index contributed by atoms with van der Waals surface area (Å²) in [7, 11) is 0. The molecule has 4 nitrogen and oxygen atoms in total. The zero-order valence-corrected chi connectivity index (χ0v) is 12.8. The first-order valence-corrected chi connectivity index (χ1v) is 7.55. The lowest BCUT2D eigenvalue weighted by atomic mass is 10.1. The first kappa shape index (κ1) is 15.6. The van der Waals surface area contributed by atoms with Crippen LogP contribution in [0.25, 0.3) is 0 Å². The van der Waals surface area contributed by atoms with Gasteiger partial charge in [0.25, 0.3) is 0 Å². The van der Waals surface area contributed by atoms with Crippen LogP contribution in [-0.4, -0.2) is 50.1 Å². The van der Waals surface area contributed by atoms with Gasteiger partial charge in [-0.2, -0.15) is 0 Å². The summed E-state index contributed by atoms with van der Waals surface area (Å²) in [5.74, 6) is 0.0602. The number of piperazine rings is 1. The predicted octanol–water partition coefficient (Wildman–Crippen LogP) is 1.56. The number of carbonyl (C=O) groups excluding carboxylic acids is 1. The molecule has 1 heterocycles. The van der Waals surface area contributed by atoms with Crippen LogP contribution in [0.4, 0.5) is 0 Å². The Balaban J connectivity index is 1.72. The Bertz CT molecular complexity index is 462. The van der Waals surface area contributed by atoms with Gasteiger partial charge in [-0.15, -0.1) is 0 Å². The van der Waals surface area contributed by atoms with E-state index in [1.54, 1.807) is 6.07 Å². The standard InChI is InChI=1S/C14H19Cl2N3O/c15-12-3-1-2-11(14(12)16)4-5-18-13(20)10-19-8-6-17-7-9-19/h1-3,17H,4-10H2,(H,18,20). The maximum absolute atomic E-state index is 11.8. The van der Waals surface area contributed by atoms with Crippen molar-refractivity contribution >= 4 is 29.1 Å². The van der Waals surface area contributed by atoms with Crippen LogP contribution < -0.4 is 10.6 Å². The van der Waals surface area contributed by atoms with Gasteiger partial charge in [0.1, 0.15) is 0 Å². The third kappa shape index (κ3) is 4.63. The van der Waals surface area contributed by atoms with Crippen molar-refractivity contribution in [2.75, 3.05) is 39.3 Å². The third-order valence-corrected chi connectivity index (χ3v) is 4.18. The molecule has 1 aliphatic heterocycles. The molecule has 1 saturated heterocycles. The lowest BCUT2D eigenvalue weighted by Gasteiger charge is -2.26. The number of benzene rings is 1. The highest BCUT2D eigenvalue weighted by Gasteiger charge is 2.13. The number of hydrogen-bond donors (Lipinski definition) is 2. The van der Waals surface area contributed by atoms with E-state index in [-0.39, 0.29) is 5.91 Å². The first-order valence-electron chi connectivity index (χ1n) is 6.79. The summed E-state index contributed by atoms with van der Waals surface area (Å²) in [4.78, 5) is 14.0. The molecule has 2 N–H and O–H groups in total. The fourth-order valence-corrected chi connectivity index (χ4v) is 2.62. The van der Waals surface area contributed by atoms with Crippen LogP contribution in [0.5, 0.6) is 0 Å². The summed E-state index contributed by atoms with van der Waals surface area (Å²) >= 11 is 12.1. The zero-order valence-electron chi connectivity index (χ0n) is 11.3. The van der Waals surface area contributed by atoms with Crippen LogP contribution in [0.1, 0.15) is 5.56 Å². The molecule has 0 spiro atoms. The molecule has 0 bridgehead atoms.